The van der Waals surface area contributed by atoms with E-state index in [1.54, 1.807) is 0 Å². The Labute approximate surface area is 146 Å². The van der Waals surface area contributed by atoms with Gasteiger partial charge in [0.15, 0.2) is 11.0 Å². The standard InChI is InChI=1S/C17H22N4O2S/c1-12-4-6-14(7-5-12)15-18-19-17(20(15)3)24-13(2)16(22)21-8-10-23-11-9-21/h4-7,13H,8-11H2,1-3H3/t13-/m0/s1. The minimum Gasteiger partial charge on any atom is -0.378 e. The first-order valence-electron chi connectivity index (χ1n) is 8.06. The molecule has 1 fully saturated rings. The summed E-state index contributed by atoms with van der Waals surface area (Å²) in [5, 5.41) is 9.10. The van der Waals surface area contributed by atoms with E-state index in [0.717, 1.165) is 16.5 Å². The first-order valence-corrected chi connectivity index (χ1v) is 8.94. The molecule has 1 amide bonds. The largest absolute Gasteiger partial charge is 0.378 e. The Morgan fingerprint density at radius 3 is 2.54 bits per heavy atom. The van der Waals surface area contributed by atoms with E-state index in [2.05, 4.69) is 29.3 Å². The van der Waals surface area contributed by atoms with Crippen molar-refractivity contribution in [3.8, 4) is 11.4 Å². The normalized spacial score (nSPS) is 16.2. The molecule has 1 atom stereocenters. The van der Waals surface area contributed by atoms with Gasteiger partial charge in [-0.15, -0.1) is 10.2 Å². The molecule has 0 bridgehead atoms. The number of aryl methyl sites for hydroxylation is 1. The minimum absolute atomic E-state index is 0.128. The number of rotatable bonds is 4. The minimum atomic E-state index is -0.197. The van der Waals surface area contributed by atoms with Crippen molar-refractivity contribution in [2.75, 3.05) is 26.3 Å². The SMILES string of the molecule is Cc1ccc(-c2nnc(S[C@@H](C)C(=O)N3CCOCC3)n2C)cc1. The average molecular weight is 346 g/mol. The fourth-order valence-corrected chi connectivity index (χ4v) is 3.52. The molecule has 2 aromatic rings. The number of nitrogens with zero attached hydrogens (tertiary/aromatic N) is 4. The number of benzene rings is 1. The number of hydrogen-bond acceptors (Lipinski definition) is 5. The van der Waals surface area contributed by atoms with Crippen molar-refractivity contribution >= 4 is 17.7 Å². The molecule has 1 aliphatic rings. The summed E-state index contributed by atoms with van der Waals surface area (Å²) in [5.41, 5.74) is 2.23. The van der Waals surface area contributed by atoms with Crippen LogP contribution >= 0.6 is 11.8 Å². The Hall–Kier alpha value is -1.86. The van der Waals surface area contributed by atoms with Crippen molar-refractivity contribution in [1.82, 2.24) is 19.7 Å². The summed E-state index contributed by atoms with van der Waals surface area (Å²) >= 11 is 1.45. The molecule has 0 N–H and O–H groups in total. The molecule has 1 aromatic heterocycles. The second-order valence-corrected chi connectivity index (χ2v) is 7.24. The average Bonchev–Trinajstić information content (AvgIpc) is 2.96. The third-order valence-electron chi connectivity index (χ3n) is 4.10. The van der Waals surface area contributed by atoms with Crippen LogP contribution in [0.2, 0.25) is 0 Å². The summed E-state index contributed by atoms with van der Waals surface area (Å²) in [7, 11) is 1.93. The van der Waals surface area contributed by atoms with Crippen molar-refractivity contribution in [3.63, 3.8) is 0 Å². The Morgan fingerprint density at radius 2 is 1.88 bits per heavy atom. The van der Waals surface area contributed by atoms with Gasteiger partial charge in [-0.05, 0) is 13.8 Å². The van der Waals surface area contributed by atoms with Gasteiger partial charge in [0.05, 0.1) is 18.5 Å². The zero-order chi connectivity index (χ0) is 17.1. The quantitative estimate of drug-likeness (QED) is 0.794. The zero-order valence-electron chi connectivity index (χ0n) is 14.2. The van der Waals surface area contributed by atoms with E-state index in [1.807, 2.05) is 35.6 Å². The van der Waals surface area contributed by atoms with Crippen LogP contribution in [0.15, 0.2) is 29.4 Å². The van der Waals surface area contributed by atoms with Crippen LogP contribution < -0.4 is 0 Å². The van der Waals surface area contributed by atoms with Gasteiger partial charge in [-0.1, -0.05) is 41.6 Å². The predicted molar refractivity (Wildman–Crippen MR) is 93.9 cm³/mol. The lowest BCUT2D eigenvalue weighted by atomic mass is 10.1. The van der Waals surface area contributed by atoms with Gasteiger partial charge in [0.1, 0.15) is 0 Å². The van der Waals surface area contributed by atoms with Crippen molar-refractivity contribution in [2.45, 2.75) is 24.3 Å². The highest BCUT2D eigenvalue weighted by atomic mass is 32.2. The molecule has 24 heavy (non-hydrogen) atoms. The van der Waals surface area contributed by atoms with Gasteiger partial charge >= 0.3 is 0 Å². The van der Waals surface area contributed by atoms with E-state index >= 15 is 0 Å². The molecule has 0 saturated carbocycles. The summed E-state index contributed by atoms with van der Waals surface area (Å²) in [6.07, 6.45) is 0. The number of ether oxygens (including phenoxy) is 1. The van der Waals surface area contributed by atoms with Crippen LogP contribution in [0.3, 0.4) is 0 Å². The highest BCUT2D eigenvalue weighted by molar-refractivity contribution is 8.00. The third kappa shape index (κ3) is 3.62. The molecule has 7 heteroatoms. The summed E-state index contributed by atoms with van der Waals surface area (Å²) in [4.78, 5) is 14.4. The maximum absolute atomic E-state index is 12.5. The molecule has 1 aliphatic heterocycles. The molecule has 2 heterocycles. The number of carbonyl (C=O) groups excluding carboxylic acids is 1. The van der Waals surface area contributed by atoms with Crippen LogP contribution in [-0.4, -0.2) is 57.1 Å². The highest BCUT2D eigenvalue weighted by Gasteiger charge is 2.25. The molecular formula is C17H22N4O2S. The first-order chi connectivity index (χ1) is 11.6. The fourth-order valence-electron chi connectivity index (χ4n) is 2.62. The molecule has 1 aromatic carbocycles. The lowest BCUT2D eigenvalue weighted by molar-refractivity contribution is -0.134. The first kappa shape index (κ1) is 17.0. The number of morpholine rings is 1. The number of thioether (sulfide) groups is 1. The van der Waals surface area contributed by atoms with Gasteiger partial charge in [-0.25, -0.2) is 0 Å². The maximum atomic E-state index is 12.5. The molecule has 0 unspecified atom stereocenters. The van der Waals surface area contributed by atoms with Gasteiger partial charge in [0.2, 0.25) is 5.91 Å². The monoisotopic (exact) mass is 346 g/mol. The Morgan fingerprint density at radius 1 is 1.21 bits per heavy atom. The number of carbonyl (C=O) groups is 1. The number of hydrogen-bond donors (Lipinski definition) is 0. The third-order valence-corrected chi connectivity index (χ3v) is 5.22. The fraction of sp³-hybridized carbons (Fsp3) is 0.471. The van der Waals surface area contributed by atoms with Gasteiger partial charge < -0.3 is 14.2 Å². The van der Waals surface area contributed by atoms with E-state index in [-0.39, 0.29) is 11.2 Å². The second kappa shape index (κ2) is 7.36. The second-order valence-electron chi connectivity index (χ2n) is 5.93. The summed E-state index contributed by atoms with van der Waals surface area (Å²) < 4.78 is 7.24. The Bertz CT molecular complexity index is 708. The molecule has 1 saturated heterocycles. The van der Waals surface area contributed by atoms with E-state index < -0.39 is 0 Å². The van der Waals surface area contributed by atoms with E-state index in [1.165, 1.54) is 17.3 Å². The Balaban J connectivity index is 1.71. The lowest BCUT2D eigenvalue weighted by Gasteiger charge is -2.28. The molecule has 0 spiro atoms. The van der Waals surface area contributed by atoms with Crippen LogP contribution in [0, 0.1) is 6.92 Å². The van der Waals surface area contributed by atoms with E-state index in [0.29, 0.717) is 26.3 Å². The molecule has 6 nitrogen and oxygen atoms in total. The van der Waals surface area contributed by atoms with Crippen LogP contribution in [0.1, 0.15) is 12.5 Å². The smallest absolute Gasteiger partial charge is 0.236 e. The molecular weight excluding hydrogens is 324 g/mol. The molecule has 3 rings (SSSR count). The van der Waals surface area contributed by atoms with E-state index in [9.17, 15) is 4.79 Å². The predicted octanol–water partition coefficient (Wildman–Crippen LogP) is 2.13. The van der Waals surface area contributed by atoms with Gasteiger partial charge in [0, 0.05) is 25.7 Å². The van der Waals surface area contributed by atoms with Crippen LogP contribution in [-0.2, 0) is 16.6 Å². The van der Waals surface area contributed by atoms with Gasteiger partial charge in [0.25, 0.3) is 0 Å². The van der Waals surface area contributed by atoms with Crippen LogP contribution in [0.25, 0.3) is 11.4 Å². The highest BCUT2D eigenvalue weighted by Crippen LogP contribution is 2.26. The molecule has 0 radical (unpaired) electrons. The van der Waals surface area contributed by atoms with Crippen LogP contribution in [0.5, 0.6) is 0 Å². The van der Waals surface area contributed by atoms with Gasteiger partial charge in [-0.2, -0.15) is 0 Å². The topological polar surface area (TPSA) is 60.3 Å². The van der Waals surface area contributed by atoms with Crippen molar-refractivity contribution in [3.05, 3.63) is 29.8 Å². The van der Waals surface area contributed by atoms with E-state index in [4.69, 9.17) is 4.74 Å². The lowest BCUT2D eigenvalue weighted by Crippen LogP contribution is -2.44. The Kier molecular flexibility index (Phi) is 5.20. The van der Waals surface area contributed by atoms with Crippen molar-refractivity contribution < 1.29 is 9.53 Å². The van der Waals surface area contributed by atoms with Crippen molar-refractivity contribution in [2.24, 2.45) is 7.05 Å². The van der Waals surface area contributed by atoms with Crippen LogP contribution in [0.4, 0.5) is 0 Å². The summed E-state index contributed by atoms with van der Waals surface area (Å²) in [6.45, 7) is 6.53. The zero-order valence-corrected chi connectivity index (χ0v) is 15.0. The van der Waals surface area contributed by atoms with Crippen molar-refractivity contribution in [1.29, 1.82) is 0 Å². The summed E-state index contributed by atoms with van der Waals surface area (Å²) in [6, 6.07) is 8.19. The summed E-state index contributed by atoms with van der Waals surface area (Å²) in [5.74, 6) is 0.937. The maximum Gasteiger partial charge on any atom is 0.236 e. The van der Waals surface area contributed by atoms with Gasteiger partial charge in [-0.3, -0.25) is 4.79 Å². The molecule has 128 valence electrons. The molecule has 0 aliphatic carbocycles. The number of amides is 1. The number of aromatic nitrogens is 3.